The molecule has 2 radical (unpaired) electrons. The van der Waals surface area contributed by atoms with E-state index in [0.29, 0.717) is 0 Å². The molecule has 4 nitrogen and oxygen atoms in total. The van der Waals surface area contributed by atoms with Crippen LogP contribution < -0.4 is 6.15 Å². The Morgan fingerprint density at radius 3 is 1.24 bits per heavy atom. The Hall–Kier alpha value is -1.82. The summed E-state index contributed by atoms with van der Waals surface area (Å²) in [5.41, 5.74) is 7.06. The van der Waals surface area contributed by atoms with E-state index in [1.165, 1.54) is 35.1 Å². The Morgan fingerprint density at radius 2 is 0.927 bits per heavy atom. The Kier molecular flexibility index (Phi) is 9.16. The number of aliphatic imine (C=N–C) groups is 2. The quantitative estimate of drug-likeness (QED) is 0.264. The van der Waals surface area contributed by atoms with Gasteiger partial charge in [-0.05, 0) is 0 Å². The number of benzene rings is 2. The first-order chi connectivity index (χ1) is 18.9. The number of hydrogen-bond acceptors (Lipinski definition) is 4. The van der Waals surface area contributed by atoms with Gasteiger partial charge in [-0.25, -0.2) is 0 Å². The molecule has 2 aliphatic rings. The summed E-state index contributed by atoms with van der Waals surface area (Å²) in [7, 11) is 0. The average molecular weight is 664 g/mol. The Balaban J connectivity index is 1.95. The van der Waals surface area contributed by atoms with Gasteiger partial charge in [-0.2, -0.15) is 0 Å². The molecule has 0 bridgehead atoms. The summed E-state index contributed by atoms with van der Waals surface area (Å²) in [4.78, 5) is 10.5. The van der Waals surface area contributed by atoms with Crippen LogP contribution in [0, 0.1) is 0 Å². The molecule has 1 aliphatic carbocycles. The van der Waals surface area contributed by atoms with Crippen molar-refractivity contribution in [3.05, 3.63) is 57.6 Å². The molecule has 4 rings (SSSR count). The number of nitrogens with zero attached hydrogens (tertiary/aromatic N) is 2. The SMILES string of the molecule is CC(C)(C)c1cc2c(c(C(C)(C)C)c1)[O][Sn][O]c1c(cc(C(C)(C)C)cc1C(C)(C)C)C=NC1CCCCC1N=C2. The van der Waals surface area contributed by atoms with Crippen LogP contribution in [0.3, 0.4) is 0 Å². The van der Waals surface area contributed by atoms with Gasteiger partial charge in [0.05, 0.1) is 0 Å². The zero-order valence-corrected chi connectivity index (χ0v) is 30.5. The van der Waals surface area contributed by atoms with E-state index >= 15 is 0 Å². The van der Waals surface area contributed by atoms with E-state index < -0.39 is 22.0 Å². The number of hydrogen-bond donors (Lipinski definition) is 0. The molecule has 2 unspecified atom stereocenters. The summed E-state index contributed by atoms with van der Waals surface area (Å²) in [5, 5.41) is 0. The fourth-order valence-corrected chi connectivity index (χ4v) is 7.49. The average Bonchev–Trinajstić information content (AvgIpc) is 2.85. The van der Waals surface area contributed by atoms with Crippen molar-refractivity contribution in [3.8, 4) is 11.5 Å². The molecule has 2 aromatic carbocycles. The summed E-state index contributed by atoms with van der Waals surface area (Å²) < 4.78 is 13.6. The van der Waals surface area contributed by atoms with E-state index in [1.807, 2.05) is 0 Å². The van der Waals surface area contributed by atoms with E-state index in [9.17, 15) is 0 Å². The van der Waals surface area contributed by atoms with Crippen LogP contribution >= 0.6 is 0 Å². The molecule has 2 atom stereocenters. The second-order valence-electron chi connectivity index (χ2n) is 16.1. The van der Waals surface area contributed by atoms with Gasteiger partial charge in [-0.15, -0.1) is 0 Å². The molecule has 5 heteroatoms. The van der Waals surface area contributed by atoms with Crippen LogP contribution in [-0.4, -0.2) is 46.5 Å². The van der Waals surface area contributed by atoms with Crippen LogP contribution in [0.2, 0.25) is 0 Å². The van der Waals surface area contributed by atoms with Crippen LogP contribution in [0.15, 0.2) is 34.3 Å². The van der Waals surface area contributed by atoms with E-state index in [2.05, 4.69) is 120 Å². The van der Waals surface area contributed by atoms with Gasteiger partial charge in [0.1, 0.15) is 0 Å². The summed E-state index contributed by atoms with van der Waals surface area (Å²) in [6, 6.07) is 9.61. The fraction of sp³-hybridized carbons (Fsp3) is 0.611. The maximum atomic E-state index is 6.80. The topological polar surface area (TPSA) is 43.2 Å². The molecule has 0 spiro atoms. The van der Waals surface area contributed by atoms with Crippen LogP contribution in [0.4, 0.5) is 0 Å². The minimum atomic E-state index is -1.79. The van der Waals surface area contributed by atoms with Crippen LogP contribution in [-0.2, 0) is 21.7 Å². The molecule has 1 heterocycles. The molecular formula is C36H52N2O2Sn. The Bertz CT molecular complexity index is 1210. The predicted molar refractivity (Wildman–Crippen MR) is 176 cm³/mol. The molecule has 41 heavy (non-hydrogen) atoms. The van der Waals surface area contributed by atoms with E-state index in [-0.39, 0.29) is 33.7 Å². The van der Waals surface area contributed by atoms with Crippen molar-refractivity contribution < 1.29 is 6.15 Å². The first kappa shape index (κ1) is 32.1. The first-order valence-electron chi connectivity index (χ1n) is 15.4. The molecule has 0 saturated heterocycles. The van der Waals surface area contributed by atoms with Gasteiger partial charge in [0, 0.05) is 0 Å². The summed E-state index contributed by atoms with van der Waals surface area (Å²) in [6.45, 7) is 27.3. The summed E-state index contributed by atoms with van der Waals surface area (Å²) in [5.74, 6) is 1.89. The molecule has 0 N–H and O–H groups in total. The Morgan fingerprint density at radius 1 is 0.561 bits per heavy atom. The number of fused-ring (bicyclic) bond motifs is 3. The van der Waals surface area contributed by atoms with Crippen LogP contribution in [0.25, 0.3) is 0 Å². The van der Waals surface area contributed by atoms with Crippen molar-refractivity contribution in [2.75, 3.05) is 0 Å². The molecule has 1 fully saturated rings. The normalized spacial score (nSPS) is 20.4. The monoisotopic (exact) mass is 664 g/mol. The van der Waals surface area contributed by atoms with Crippen molar-refractivity contribution >= 4 is 34.4 Å². The standard InChI is InChI=1S/C36H54N2O2.Sn/c1-33(2,3)25-17-23(31(39)27(19-25)35(7,8)9)21-37-29-15-13-14-16-30(29)38-22-24-18-26(34(4,5)6)20-28(32(24)40)36(10,11)12;/h17-22,29-30,39-40H,13-16H2,1-12H3;/q;+2/p-2. The third-order valence-electron chi connectivity index (χ3n) is 8.37. The van der Waals surface area contributed by atoms with Gasteiger partial charge in [-0.3, -0.25) is 0 Å². The molecule has 0 amide bonds. The first-order valence-corrected chi connectivity index (χ1v) is 17.7. The van der Waals surface area contributed by atoms with Crippen molar-refractivity contribution in [2.24, 2.45) is 9.98 Å². The zero-order valence-electron chi connectivity index (χ0n) is 27.7. The van der Waals surface area contributed by atoms with Gasteiger partial charge >= 0.3 is 262 Å². The summed E-state index contributed by atoms with van der Waals surface area (Å²) >= 11 is -1.79. The van der Waals surface area contributed by atoms with Gasteiger partial charge in [0.25, 0.3) is 0 Å². The molecule has 1 aliphatic heterocycles. The van der Waals surface area contributed by atoms with E-state index in [1.54, 1.807) is 0 Å². The van der Waals surface area contributed by atoms with E-state index in [4.69, 9.17) is 16.1 Å². The third-order valence-corrected chi connectivity index (χ3v) is 10.0. The second kappa shape index (κ2) is 11.7. The van der Waals surface area contributed by atoms with Crippen molar-refractivity contribution in [1.82, 2.24) is 0 Å². The van der Waals surface area contributed by atoms with Gasteiger partial charge < -0.3 is 0 Å². The Labute approximate surface area is 261 Å². The van der Waals surface area contributed by atoms with Gasteiger partial charge in [0.2, 0.25) is 0 Å². The zero-order chi connectivity index (χ0) is 30.4. The molecule has 1 saturated carbocycles. The molecular weight excluding hydrogens is 611 g/mol. The molecule has 222 valence electrons. The second-order valence-corrected chi connectivity index (χ2v) is 17.8. The van der Waals surface area contributed by atoms with Gasteiger partial charge in [-0.1, -0.05) is 0 Å². The van der Waals surface area contributed by atoms with Crippen molar-refractivity contribution in [1.29, 1.82) is 0 Å². The van der Waals surface area contributed by atoms with E-state index in [0.717, 1.165) is 35.5 Å². The predicted octanol–water partition coefficient (Wildman–Crippen LogP) is 9.03. The third kappa shape index (κ3) is 7.58. The minimum absolute atomic E-state index is 0.0174. The van der Waals surface area contributed by atoms with Crippen LogP contribution in [0.5, 0.6) is 11.5 Å². The van der Waals surface area contributed by atoms with Crippen molar-refractivity contribution in [3.63, 3.8) is 0 Å². The molecule has 0 aromatic heterocycles. The summed E-state index contributed by atoms with van der Waals surface area (Å²) in [6.07, 6.45) is 8.69. The van der Waals surface area contributed by atoms with Crippen molar-refractivity contribution in [2.45, 2.75) is 143 Å². The fourth-order valence-electron chi connectivity index (χ4n) is 5.60. The molecule has 2 aromatic rings. The van der Waals surface area contributed by atoms with Crippen LogP contribution in [0.1, 0.15) is 142 Å². The number of rotatable bonds is 0. The van der Waals surface area contributed by atoms with Gasteiger partial charge in [0.15, 0.2) is 0 Å². The maximum absolute atomic E-state index is 6.80.